The molecule has 0 amide bonds. The third-order valence-electron chi connectivity index (χ3n) is 2.80. The lowest BCUT2D eigenvalue weighted by molar-refractivity contribution is -0.137. The van der Waals surface area contributed by atoms with Gasteiger partial charge in [-0.2, -0.15) is 13.2 Å². The standard InChI is InChI=1S/C15H13F4N/c16-14-6-2-4-12(8-14)10-20-9-11-3-1-5-13(7-11)15(17,18)19/h1-8,20H,9-10H2. The van der Waals surface area contributed by atoms with Gasteiger partial charge < -0.3 is 5.32 Å². The fourth-order valence-corrected chi connectivity index (χ4v) is 1.86. The quantitative estimate of drug-likeness (QED) is 0.832. The van der Waals surface area contributed by atoms with Crippen LogP contribution in [0.2, 0.25) is 0 Å². The molecule has 0 aliphatic heterocycles. The van der Waals surface area contributed by atoms with E-state index in [-0.39, 0.29) is 5.82 Å². The Morgan fingerprint density at radius 1 is 0.850 bits per heavy atom. The molecule has 0 fully saturated rings. The predicted octanol–water partition coefficient (Wildman–Crippen LogP) is 4.13. The second-order valence-electron chi connectivity index (χ2n) is 4.43. The van der Waals surface area contributed by atoms with E-state index < -0.39 is 11.7 Å². The Morgan fingerprint density at radius 3 is 2.05 bits per heavy atom. The minimum Gasteiger partial charge on any atom is -0.309 e. The van der Waals surface area contributed by atoms with E-state index in [1.807, 2.05) is 0 Å². The maximum Gasteiger partial charge on any atom is 0.416 e. The van der Waals surface area contributed by atoms with Crippen LogP contribution in [-0.4, -0.2) is 0 Å². The first-order valence-electron chi connectivity index (χ1n) is 6.06. The Hall–Kier alpha value is -1.88. The fourth-order valence-electron chi connectivity index (χ4n) is 1.86. The van der Waals surface area contributed by atoms with Gasteiger partial charge in [-0.15, -0.1) is 0 Å². The Labute approximate surface area is 114 Å². The number of halogens is 4. The number of alkyl halides is 3. The number of rotatable bonds is 4. The molecule has 2 rings (SSSR count). The first kappa shape index (κ1) is 14.5. The zero-order valence-electron chi connectivity index (χ0n) is 10.5. The molecule has 0 heterocycles. The van der Waals surface area contributed by atoms with Gasteiger partial charge in [0.15, 0.2) is 0 Å². The lowest BCUT2D eigenvalue weighted by Gasteiger charge is -2.09. The van der Waals surface area contributed by atoms with Crippen LogP contribution in [0.4, 0.5) is 17.6 Å². The average molecular weight is 283 g/mol. The topological polar surface area (TPSA) is 12.0 Å². The zero-order chi connectivity index (χ0) is 14.6. The van der Waals surface area contributed by atoms with Crippen molar-refractivity contribution < 1.29 is 17.6 Å². The van der Waals surface area contributed by atoms with E-state index in [9.17, 15) is 17.6 Å². The van der Waals surface area contributed by atoms with Crippen molar-refractivity contribution in [1.29, 1.82) is 0 Å². The van der Waals surface area contributed by atoms with E-state index in [0.717, 1.165) is 17.7 Å². The summed E-state index contributed by atoms with van der Waals surface area (Å²) < 4.78 is 50.6. The van der Waals surface area contributed by atoms with Crippen molar-refractivity contribution in [3.63, 3.8) is 0 Å². The third-order valence-corrected chi connectivity index (χ3v) is 2.80. The highest BCUT2D eigenvalue weighted by molar-refractivity contribution is 5.25. The van der Waals surface area contributed by atoms with Gasteiger partial charge in [-0.25, -0.2) is 4.39 Å². The van der Waals surface area contributed by atoms with E-state index in [2.05, 4.69) is 5.32 Å². The molecule has 1 nitrogen and oxygen atoms in total. The first-order valence-corrected chi connectivity index (χ1v) is 6.06. The predicted molar refractivity (Wildman–Crippen MR) is 68.4 cm³/mol. The highest BCUT2D eigenvalue weighted by Crippen LogP contribution is 2.29. The highest BCUT2D eigenvalue weighted by Gasteiger charge is 2.30. The summed E-state index contributed by atoms with van der Waals surface area (Å²) in [7, 11) is 0. The van der Waals surface area contributed by atoms with Crippen molar-refractivity contribution in [3.05, 3.63) is 71.0 Å². The van der Waals surface area contributed by atoms with Crippen molar-refractivity contribution in [2.45, 2.75) is 19.3 Å². The summed E-state index contributed by atoms with van der Waals surface area (Å²) in [6.45, 7) is 0.689. The largest absolute Gasteiger partial charge is 0.416 e. The molecule has 1 N–H and O–H groups in total. The summed E-state index contributed by atoms with van der Waals surface area (Å²) in [5, 5.41) is 2.99. The number of hydrogen-bond donors (Lipinski definition) is 1. The van der Waals surface area contributed by atoms with E-state index in [1.165, 1.54) is 18.2 Å². The molecule has 2 aromatic carbocycles. The average Bonchev–Trinajstić information content (AvgIpc) is 2.38. The van der Waals surface area contributed by atoms with Gasteiger partial charge >= 0.3 is 6.18 Å². The Kier molecular flexibility index (Phi) is 4.39. The molecule has 0 atom stereocenters. The van der Waals surface area contributed by atoms with Gasteiger partial charge in [-0.1, -0.05) is 30.3 Å². The van der Waals surface area contributed by atoms with Crippen molar-refractivity contribution >= 4 is 0 Å². The van der Waals surface area contributed by atoms with E-state index in [0.29, 0.717) is 18.7 Å². The van der Waals surface area contributed by atoms with Gasteiger partial charge in [-0.3, -0.25) is 0 Å². The van der Waals surface area contributed by atoms with Crippen LogP contribution < -0.4 is 5.32 Å². The summed E-state index contributed by atoms with van der Waals surface area (Å²) in [5.74, 6) is -0.330. The summed E-state index contributed by atoms with van der Waals surface area (Å²) in [4.78, 5) is 0. The van der Waals surface area contributed by atoms with Crippen molar-refractivity contribution in [2.24, 2.45) is 0 Å². The SMILES string of the molecule is Fc1cccc(CNCc2cccc(C(F)(F)F)c2)c1. The second-order valence-corrected chi connectivity index (χ2v) is 4.43. The molecule has 5 heteroatoms. The lowest BCUT2D eigenvalue weighted by Crippen LogP contribution is -2.13. The molecular formula is C15H13F4N. The maximum atomic E-state index is 12.9. The smallest absolute Gasteiger partial charge is 0.309 e. The number of benzene rings is 2. The molecule has 0 aliphatic rings. The van der Waals surface area contributed by atoms with Crippen LogP contribution in [-0.2, 0) is 19.3 Å². The minimum atomic E-state index is -4.33. The molecule has 0 saturated heterocycles. The van der Waals surface area contributed by atoms with Gasteiger partial charge in [-0.05, 0) is 29.3 Å². The van der Waals surface area contributed by atoms with Crippen molar-refractivity contribution in [1.82, 2.24) is 5.32 Å². The van der Waals surface area contributed by atoms with Crippen LogP contribution in [0.3, 0.4) is 0 Å². The van der Waals surface area contributed by atoms with E-state index in [1.54, 1.807) is 18.2 Å². The minimum absolute atomic E-state index is 0.292. The molecule has 0 unspecified atom stereocenters. The summed E-state index contributed by atoms with van der Waals surface area (Å²) in [5.41, 5.74) is 0.621. The molecule has 0 saturated carbocycles. The summed E-state index contributed by atoms with van der Waals surface area (Å²) >= 11 is 0. The maximum absolute atomic E-state index is 12.9. The zero-order valence-corrected chi connectivity index (χ0v) is 10.5. The number of nitrogens with one attached hydrogen (secondary N) is 1. The Bertz CT molecular complexity index is 578. The normalized spacial score (nSPS) is 11.6. The van der Waals surface area contributed by atoms with Gasteiger partial charge in [0.2, 0.25) is 0 Å². The molecule has 0 radical (unpaired) electrons. The third kappa shape index (κ3) is 4.06. The van der Waals surface area contributed by atoms with E-state index >= 15 is 0 Å². The van der Waals surface area contributed by atoms with Crippen molar-refractivity contribution in [2.75, 3.05) is 0 Å². The van der Waals surface area contributed by atoms with Crippen LogP contribution >= 0.6 is 0 Å². The molecular weight excluding hydrogens is 270 g/mol. The molecule has 0 bridgehead atoms. The van der Waals surface area contributed by atoms with Gasteiger partial charge in [0, 0.05) is 13.1 Å². The van der Waals surface area contributed by atoms with Crippen LogP contribution in [0.15, 0.2) is 48.5 Å². The Balaban J connectivity index is 1.94. The first-order chi connectivity index (χ1) is 9.45. The van der Waals surface area contributed by atoms with Crippen LogP contribution in [0, 0.1) is 5.82 Å². The van der Waals surface area contributed by atoms with Crippen LogP contribution in [0.1, 0.15) is 16.7 Å². The van der Waals surface area contributed by atoms with Gasteiger partial charge in [0.25, 0.3) is 0 Å². The summed E-state index contributed by atoms with van der Waals surface area (Å²) in [6, 6.07) is 11.2. The summed E-state index contributed by atoms with van der Waals surface area (Å²) in [6.07, 6.45) is -4.33. The second kappa shape index (κ2) is 6.05. The molecule has 2 aromatic rings. The van der Waals surface area contributed by atoms with Crippen LogP contribution in [0.25, 0.3) is 0 Å². The van der Waals surface area contributed by atoms with Gasteiger partial charge in [0.05, 0.1) is 5.56 Å². The van der Waals surface area contributed by atoms with E-state index in [4.69, 9.17) is 0 Å². The monoisotopic (exact) mass is 283 g/mol. The molecule has 0 aromatic heterocycles. The highest BCUT2D eigenvalue weighted by atomic mass is 19.4. The molecule has 20 heavy (non-hydrogen) atoms. The van der Waals surface area contributed by atoms with Gasteiger partial charge in [0.1, 0.15) is 5.82 Å². The fraction of sp³-hybridized carbons (Fsp3) is 0.200. The molecule has 0 spiro atoms. The lowest BCUT2D eigenvalue weighted by atomic mass is 10.1. The molecule has 106 valence electrons. The molecule has 0 aliphatic carbocycles. The van der Waals surface area contributed by atoms with Crippen LogP contribution in [0.5, 0.6) is 0 Å². The number of hydrogen-bond acceptors (Lipinski definition) is 1. The van der Waals surface area contributed by atoms with Crippen molar-refractivity contribution in [3.8, 4) is 0 Å². The Morgan fingerprint density at radius 2 is 1.45 bits per heavy atom.